The molecular formula is C47H55N3O7. The van der Waals surface area contributed by atoms with Crippen molar-refractivity contribution in [1.82, 2.24) is 9.63 Å². The van der Waals surface area contributed by atoms with E-state index in [2.05, 4.69) is 35.7 Å². The highest BCUT2D eigenvalue weighted by atomic mass is 16.7. The first-order chi connectivity index (χ1) is 27.5. The summed E-state index contributed by atoms with van der Waals surface area (Å²) in [7, 11) is 0. The van der Waals surface area contributed by atoms with Crippen molar-refractivity contribution in [3.63, 3.8) is 0 Å². The van der Waals surface area contributed by atoms with Gasteiger partial charge in [-0.25, -0.2) is 4.79 Å². The molecule has 0 spiro atoms. The van der Waals surface area contributed by atoms with Crippen LogP contribution in [0.2, 0.25) is 0 Å². The minimum Gasteiger partial charge on any atom is -0.493 e. The number of aromatic nitrogens is 1. The van der Waals surface area contributed by atoms with Gasteiger partial charge in [0, 0.05) is 72.1 Å². The number of amides is 1. The summed E-state index contributed by atoms with van der Waals surface area (Å²) >= 11 is 0. The smallest absolute Gasteiger partial charge is 0.331 e. The molecule has 0 radical (unpaired) electrons. The fourth-order valence-electron chi connectivity index (χ4n) is 8.24. The van der Waals surface area contributed by atoms with E-state index in [9.17, 15) is 19.2 Å². The zero-order valence-corrected chi connectivity index (χ0v) is 34.1. The predicted molar refractivity (Wildman–Crippen MR) is 224 cm³/mol. The Morgan fingerprint density at radius 3 is 2.19 bits per heavy atom. The molecule has 300 valence electrons. The van der Waals surface area contributed by atoms with Crippen LogP contribution in [0.1, 0.15) is 121 Å². The number of fused-ring (bicyclic) bond motifs is 5. The number of carbonyl (C=O) groups excluding carboxylic acids is 4. The van der Waals surface area contributed by atoms with E-state index in [-0.39, 0.29) is 12.2 Å². The van der Waals surface area contributed by atoms with Gasteiger partial charge in [-0.2, -0.15) is 5.06 Å². The van der Waals surface area contributed by atoms with E-state index < -0.39 is 23.9 Å². The maximum absolute atomic E-state index is 14.5. The first-order valence-electron chi connectivity index (χ1n) is 20.5. The molecule has 0 N–H and O–H groups in total. The Bertz CT molecular complexity index is 2280. The highest BCUT2D eigenvalue weighted by molar-refractivity contribution is 6.26. The third-order valence-electron chi connectivity index (χ3n) is 11.2. The summed E-state index contributed by atoms with van der Waals surface area (Å²) in [5, 5.41) is 8.94. The van der Waals surface area contributed by atoms with Gasteiger partial charge in [-0.1, -0.05) is 81.4 Å². The molecule has 5 aromatic rings. The SMILES string of the molecule is CCCCC(CC)Cn1c2ccc(/C(CC(C)N(OC(C)=O)C(C)=O)=N\OC(C)=O)cc2c2cc(C(=O)c3ccc(OCC4CCCC4)cc3)c3ccccc3c21. The molecule has 1 aliphatic rings. The number of hydrogen-bond acceptors (Lipinski definition) is 8. The van der Waals surface area contributed by atoms with Crippen molar-refractivity contribution in [2.75, 3.05) is 6.61 Å². The lowest BCUT2D eigenvalue weighted by molar-refractivity contribution is -0.202. The highest BCUT2D eigenvalue weighted by Crippen LogP contribution is 2.39. The quantitative estimate of drug-likeness (QED) is 0.0424. The number of carbonyl (C=O) groups is 4. The number of ketones is 1. The van der Waals surface area contributed by atoms with E-state index in [1.807, 2.05) is 60.7 Å². The molecule has 1 heterocycles. The lowest BCUT2D eigenvalue weighted by atomic mass is 9.94. The Labute approximate surface area is 335 Å². The van der Waals surface area contributed by atoms with Gasteiger partial charge in [0.15, 0.2) is 5.78 Å². The van der Waals surface area contributed by atoms with Crippen LogP contribution >= 0.6 is 0 Å². The van der Waals surface area contributed by atoms with Crippen molar-refractivity contribution in [3.8, 4) is 5.75 Å². The average Bonchev–Trinajstić information content (AvgIpc) is 3.84. The van der Waals surface area contributed by atoms with Crippen LogP contribution in [0.15, 0.2) is 78.0 Å². The summed E-state index contributed by atoms with van der Waals surface area (Å²) in [6.45, 7) is 11.5. The van der Waals surface area contributed by atoms with Gasteiger partial charge in [0.25, 0.3) is 5.91 Å². The molecule has 0 saturated heterocycles. The number of nitrogens with zero attached hydrogens (tertiary/aromatic N) is 3. The second kappa shape index (κ2) is 18.6. The third kappa shape index (κ3) is 9.55. The van der Waals surface area contributed by atoms with Crippen molar-refractivity contribution in [2.24, 2.45) is 17.0 Å². The van der Waals surface area contributed by atoms with Crippen LogP contribution in [0.3, 0.4) is 0 Å². The zero-order chi connectivity index (χ0) is 40.6. The predicted octanol–water partition coefficient (Wildman–Crippen LogP) is 10.3. The summed E-state index contributed by atoms with van der Waals surface area (Å²) in [6, 6.07) is 23.0. The first kappa shape index (κ1) is 41.1. The number of hydroxylamine groups is 2. The van der Waals surface area contributed by atoms with Crippen molar-refractivity contribution in [1.29, 1.82) is 0 Å². The van der Waals surface area contributed by atoms with Crippen LogP contribution in [-0.4, -0.2) is 51.6 Å². The summed E-state index contributed by atoms with van der Waals surface area (Å²) in [6.07, 6.45) is 9.44. The minimum absolute atomic E-state index is 0.0809. The summed E-state index contributed by atoms with van der Waals surface area (Å²) in [4.78, 5) is 61.3. The van der Waals surface area contributed by atoms with Gasteiger partial charge >= 0.3 is 11.9 Å². The van der Waals surface area contributed by atoms with Crippen molar-refractivity contribution in [2.45, 2.75) is 112 Å². The van der Waals surface area contributed by atoms with Gasteiger partial charge in [0.2, 0.25) is 0 Å². The highest BCUT2D eigenvalue weighted by Gasteiger charge is 2.26. The molecule has 10 nitrogen and oxygen atoms in total. The molecule has 0 bridgehead atoms. The third-order valence-corrected chi connectivity index (χ3v) is 11.2. The van der Waals surface area contributed by atoms with Crippen LogP contribution in [0, 0.1) is 11.8 Å². The summed E-state index contributed by atoms with van der Waals surface area (Å²) in [5.41, 5.74) is 4.28. The Hall–Kier alpha value is -5.51. The summed E-state index contributed by atoms with van der Waals surface area (Å²) < 4.78 is 8.51. The maximum Gasteiger partial charge on any atom is 0.331 e. The number of rotatable bonds is 16. The molecule has 2 atom stereocenters. The van der Waals surface area contributed by atoms with E-state index in [0.717, 1.165) is 75.6 Å². The fourth-order valence-corrected chi connectivity index (χ4v) is 8.24. The average molecular weight is 774 g/mol. The monoisotopic (exact) mass is 773 g/mol. The van der Waals surface area contributed by atoms with Gasteiger partial charge in [-0.05, 0) is 85.9 Å². The minimum atomic E-state index is -0.630. The van der Waals surface area contributed by atoms with Crippen LogP contribution in [0.5, 0.6) is 5.75 Å². The molecule has 1 aliphatic carbocycles. The largest absolute Gasteiger partial charge is 0.493 e. The molecule has 10 heteroatoms. The van der Waals surface area contributed by atoms with E-state index in [1.165, 1.54) is 46.5 Å². The number of unbranched alkanes of at least 4 members (excludes halogenated alkanes) is 1. The van der Waals surface area contributed by atoms with Crippen LogP contribution in [0.25, 0.3) is 32.6 Å². The molecule has 1 fully saturated rings. The number of oxime groups is 1. The Morgan fingerprint density at radius 2 is 1.54 bits per heavy atom. The van der Waals surface area contributed by atoms with Crippen molar-refractivity contribution in [3.05, 3.63) is 89.5 Å². The normalized spacial score (nSPS) is 14.5. The summed E-state index contributed by atoms with van der Waals surface area (Å²) in [5.74, 6) is 0.0443. The molecule has 4 aromatic carbocycles. The van der Waals surface area contributed by atoms with Gasteiger partial charge in [-0.3, -0.25) is 14.4 Å². The molecule has 1 saturated carbocycles. The van der Waals surface area contributed by atoms with Gasteiger partial charge in [0.1, 0.15) is 5.75 Å². The van der Waals surface area contributed by atoms with E-state index in [1.54, 1.807) is 6.92 Å². The van der Waals surface area contributed by atoms with Crippen LogP contribution in [-0.2, 0) is 30.6 Å². The topological polar surface area (TPSA) is 116 Å². The lowest BCUT2D eigenvalue weighted by Gasteiger charge is -2.26. The van der Waals surface area contributed by atoms with Crippen LogP contribution in [0.4, 0.5) is 0 Å². The standard InChI is InChI=1S/C47H55N3O7/c1-7-9-14-34(8-2)28-49-45-24-21-37(44(48-56-32(5)52)25-30(3)50(31(4)51)57-33(6)53)26-41(45)42-27-43(39-17-12-13-18-40(39)46(42)49)47(54)36-19-22-38(23-20-36)55-29-35-15-10-11-16-35/h12-13,17-24,26-27,30,34-35H,7-11,14-16,25,28-29H2,1-6H3/b48-44-. The molecule has 1 aromatic heterocycles. The molecule has 6 rings (SSSR count). The maximum atomic E-state index is 14.5. The van der Waals surface area contributed by atoms with Gasteiger partial charge < -0.3 is 19.0 Å². The Morgan fingerprint density at radius 1 is 0.842 bits per heavy atom. The second-order valence-electron chi connectivity index (χ2n) is 15.5. The Kier molecular flexibility index (Phi) is 13.4. The van der Waals surface area contributed by atoms with Crippen molar-refractivity contribution < 1.29 is 33.6 Å². The second-order valence-corrected chi connectivity index (χ2v) is 15.5. The molecular weight excluding hydrogens is 719 g/mol. The first-order valence-corrected chi connectivity index (χ1v) is 20.5. The number of ether oxygens (including phenoxy) is 1. The lowest BCUT2D eigenvalue weighted by Crippen LogP contribution is -2.39. The Balaban J connectivity index is 1.49. The zero-order valence-electron chi connectivity index (χ0n) is 34.1. The molecule has 1 amide bonds. The van der Waals surface area contributed by atoms with Crippen LogP contribution < -0.4 is 4.74 Å². The fraction of sp³-hybridized carbons (Fsp3) is 0.426. The van der Waals surface area contributed by atoms with Gasteiger partial charge in [0.05, 0.1) is 23.9 Å². The van der Waals surface area contributed by atoms with E-state index >= 15 is 0 Å². The van der Waals surface area contributed by atoms with Crippen molar-refractivity contribution >= 4 is 61.9 Å². The van der Waals surface area contributed by atoms with E-state index in [4.69, 9.17) is 14.4 Å². The van der Waals surface area contributed by atoms with E-state index in [0.29, 0.717) is 40.8 Å². The van der Waals surface area contributed by atoms with Gasteiger partial charge in [-0.15, -0.1) is 0 Å². The molecule has 2 unspecified atom stereocenters. The number of hydrogen-bond donors (Lipinski definition) is 0. The molecule has 57 heavy (non-hydrogen) atoms. The molecule has 0 aliphatic heterocycles. The number of benzene rings is 4.